The molecule has 2 aromatic carbocycles. The monoisotopic (exact) mass is 620 g/mol. The van der Waals surface area contributed by atoms with Gasteiger partial charge in [-0.15, -0.1) is 11.3 Å². The zero-order chi connectivity index (χ0) is 29.6. The Morgan fingerprint density at radius 1 is 1.10 bits per heavy atom. The first-order valence-corrected chi connectivity index (χ1v) is 15.6. The standard InChI is InChI=1S/C27H26F2N4O5S3/c1-2-6-22-31-24(40-26(28)29)23(25(34)35)33(22)16-17-10-12-18(13-11-17)20-8-3-4-9-21(20)41(37,38)32-27(36)30-15-19-7-5-14-39-19/h3-5,7-14,26H,2,6,15-16H2,1H3,(H,34,35)(H2,30,32,36). The van der Waals surface area contributed by atoms with Crippen LogP contribution in [-0.2, 0) is 29.5 Å². The Hall–Kier alpha value is -3.75. The summed E-state index contributed by atoms with van der Waals surface area (Å²) in [4.78, 5) is 29.2. The van der Waals surface area contributed by atoms with Crippen LogP contribution in [0, 0.1) is 0 Å². The van der Waals surface area contributed by atoms with E-state index >= 15 is 0 Å². The number of alkyl halides is 2. The highest BCUT2D eigenvalue weighted by Gasteiger charge is 2.26. The molecule has 0 atom stereocenters. The van der Waals surface area contributed by atoms with Crippen LogP contribution in [0.4, 0.5) is 13.6 Å². The van der Waals surface area contributed by atoms with Gasteiger partial charge in [0.1, 0.15) is 10.9 Å². The predicted octanol–water partition coefficient (Wildman–Crippen LogP) is 5.81. The third-order valence-corrected chi connectivity index (χ3v) is 8.86. The van der Waals surface area contributed by atoms with Crippen LogP contribution in [0.5, 0.6) is 0 Å². The molecule has 0 unspecified atom stereocenters. The van der Waals surface area contributed by atoms with Crippen LogP contribution >= 0.6 is 23.1 Å². The number of carbonyl (C=O) groups is 2. The number of hydrogen-bond acceptors (Lipinski definition) is 7. The molecule has 0 saturated heterocycles. The summed E-state index contributed by atoms with van der Waals surface area (Å²) in [5.74, 6) is -3.79. The summed E-state index contributed by atoms with van der Waals surface area (Å²) in [5, 5.41) is 13.9. The highest BCUT2D eigenvalue weighted by atomic mass is 32.2. The Morgan fingerprint density at radius 3 is 2.46 bits per heavy atom. The fourth-order valence-electron chi connectivity index (χ4n) is 4.14. The number of aromatic carboxylic acids is 1. The van der Waals surface area contributed by atoms with E-state index in [1.807, 2.05) is 29.2 Å². The number of urea groups is 1. The van der Waals surface area contributed by atoms with Crippen molar-refractivity contribution >= 4 is 45.1 Å². The van der Waals surface area contributed by atoms with Gasteiger partial charge >= 0.3 is 12.0 Å². The van der Waals surface area contributed by atoms with Crippen molar-refractivity contribution in [2.24, 2.45) is 0 Å². The molecule has 216 valence electrons. The molecular weight excluding hydrogens is 595 g/mol. The van der Waals surface area contributed by atoms with E-state index in [2.05, 4.69) is 10.3 Å². The quantitative estimate of drug-likeness (QED) is 0.170. The van der Waals surface area contributed by atoms with E-state index in [0.717, 1.165) is 4.88 Å². The normalized spacial score (nSPS) is 11.5. The maximum Gasteiger partial charge on any atom is 0.355 e. The third kappa shape index (κ3) is 7.51. The summed E-state index contributed by atoms with van der Waals surface area (Å²) >= 11 is 1.53. The number of carboxylic acids is 1. The number of halogens is 2. The van der Waals surface area contributed by atoms with Gasteiger partial charge in [-0.3, -0.25) is 0 Å². The average Bonchev–Trinajstić information content (AvgIpc) is 3.56. The second-order valence-corrected chi connectivity index (χ2v) is 12.4. The first-order valence-electron chi connectivity index (χ1n) is 12.4. The third-order valence-electron chi connectivity index (χ3n) is 5.90. The summed E-state index contributed by atoms with van der Waals surface area (Å²) in [5.41, 5.74) is 1.25. The molecule has 4 aromatic rings. The Balaban J connectivity index is 1.57. The van der Waals surface area contributed by atoms with Crippen molar-refractivity contribution in [3.8, 4) is 11.1 Å². The minimum Gasteiger partial charge on any atom is -0.476 e. The molecule has 41 heavy (non-hydrogen) atoms. The number of aromatic nitrogens is 2. The molecule has 9 nitrogen and oxygen atoms in total. The number of nitrogens with one attached hydrogen (secondary N) is 2. The van der Waals surface area contributed by atoms with Gasteiger partial charge in [0.2, 0.25) is 0 Å². The van der Waals surface area contributed by atoms with Crippen molar-refractivity contribution in [1.29, 1.82) is 0 Å². The largest absolute Gasteiger partial charge is 0.476 e. The van der Waals surface area contributed by atoms with E-state index in [9.17, 15) is 31.9 Å². The van der Waals surface area contributed by atoms with Crippen LogP contribution in [0.25, 0.3) is 11.1 Å². The van der Waals surface area contributed by atoms with Gasteiger partial charge in [-0.2, -0.15) is 8.78 Å². The number of thioether (sulfide) groups is 1. The lowest BCUT2D eigenvalue weighted by molar-refractivity contribution is 0.0681. The van der Waals surface area contributed by atoms with Crippen molar-refractivity contribution in [2.45, 2.75) is 48.5 Å². The van der Waals surface area contributed by atoms with Gasteiger partial charge in [0.25, 0.3) is 15.8 Å². The number of carboxylic acid groups (broad SMARTS) is 1. The molecular formula is C27H26F2N4O5S3. The number of imidazole rings is 1. The molecule has 0 aliphatic heterocycles. The van der Waals surface area contributed by atoms with Crippen molar-refractivity contribution in [1.82, 2.24) is 19.6 Å². The van der Waals surface area contributed by atoms with E-state index < -0.39 is 27.8 Å². The van der Waals surface area contributed by atoms with Crippen LogP contribution in [-0.4, -0.2) is 40.8 Å². The second kappa shape index (κ2) is 13.3. The number of nitrogens with zero attached hydrogens (tertiary/aromatic N) is 2. The number of benzene rings is 2. The van der Waals surface area contributed by atoms with Gasteiger partial charge in [-0.05, 0) is 46.8 Å². The molecule has 0 bridgehead atoms. The molecule has 0 radical (unpaired) electrons. The Morgan fingerprint density at radius 2 is 1.83 bits per heavy atom. The summed E-state index contributed by atoms with van der Waals surface area (Å²) in [6.07, 6.45) is 1.04. The Bertz CT molecular complexity index is 1620. The second-order valence-electron chi connectivity index (χ2n) is 8.76. The van der Waals surface area contributed by atoms with Gasteiger partial charge < -0.3 is 15.0 Å². The first kappa shape index (κ1) is 30.2. The van der Waals surface area contributed by atoms with Crippen LogP contribution < -0.4 is 10.0 Å². The number of aryl methyl sites for hydroxylation is 1. The molecule has 14 heteroatoms. The Kier molecular flexibility index (Phi) is 9.78. The van der Waals surface area contributed by atoms with Crippen LogP contribution in [0.3, 0.4) is 0 Å². The molecule has 3 N–H and O–H groups in total. The molecule has 2 heterocycles. The summed E-state index contributed by atoms with van der Waals surface area (Å²) in [6.45, 7) is 2.13. The fourth-order valence-corrected chi connectivity index (χ4v) is 6.58. The number of carbonyl (C=O) groups excluding carboxylic acids is 1. The van der Waals surface area contributed by atoms with Gasteiger partial charge in [0.15, 0.2) is 5.69 Å². The van der Waals surface area contributed by atoms with E-state index in [0.29, 0.717) is 35.4 Å². The number of rotatable bonds is 12. The van der Waals surface area contributed by atoms with Gasteiger partial charge in [-0.25, -0.2) is 27.7 Å². The lowest BCUT2D eigenvalue weighted by Gasteiger charge is -2.14. The molecule has 0 fully saturated rings. The predicted molar refractivity (Wildman–Crippen MR) is 153 cm³/mol. The number of thiophene rings is 1. The molecule has 0 spiro atoms. The van der Waals surface area contributed by atoms with E-state index in [-0.39, 0.29) is 40.5 Å². The number of hydrogen-bond donors (Lipinski definition) is 3. The van der Waals surface area contributed by atoms with Gasteiger partial charge in [0, 0.05) is 23.4 Å². The molecule has 2 aromatic heterocycles. The lowest BCUT2D eigenvalue weighted by atomic mass is 10.0. The lowest BCUT2D eigenvalue weighted by Crippen LogP contribution is -2.39. The smallest absolute Gasteiger partial charge is 0.355 e. The molecule has 2 amide bonds. The maximum absolute atomic E-state index is 13.1. The molecule has 0 saturated carbocycles. The number of sulfonamides is 1. The summed E-state index contributed by atoms with van der Waals surface area (Å²) in [6, 6.07) is 15.7. The summed E-state index contributed by atoms with van der Waals surface area (Å²) in [7, 11) is -4.22. The van der Waals surface area contributed by atoms with E-state index in [4.69, 9.17) is 0 Å². The summed E-state index contributed by atoms with van der Waals surface area (Å²) < 4.78 is 55.8. The highest BCUT2D eigenvalue weighted by Crippen LogP contribution is 2.31. The van der Waals surface area contributed by atoms with Gasteiger partial charge in [0.05, 0.1) is 11.4 Å². The van der Waals surface area contributed by atoms with Crippen LogP contribution in [0.2, 0.25) is 0 Å². The Labute approximate surface area is 243 Å². The topological polar surface area (TPSA) is 130 Å². The molecule has 0 aliphatic rings. The number of amides is 2. The minimum atomic E-state index is -4.22. The van der Waals surface area contributed by atoms with Crippen molar-refractivity contribution in [3.63, 3.8) is 0 Å². The zero-order valence-electron chi connectivity index (χ0n) is 21.7. The highest BCUT2D eigenvalue weighted by molar-refractivity contribution is 7.99. The van der Waals surface area contributed by atoms with Crippen molar-refractivity contribution < 1.29 is 31.9 Å². The molecule has 0 aliphatic carbocycles. The van der Waals surface area contributed by atoms with Crippen molar-refractivity contribution in [3.05, 3.63) is 88.0 Å². The fraction of sp³-hybridized carbons (Fsp3) is 0.222. The van der Waals surface area contributed by atoms with Gasteiger partial charge in [-0.1, -0.05) is 55.5 Å². The van der Waals surface area contributed by atoms with E-state index in [1.165, 1.54) is 22.0 Å². The van der Waals surface area contributed by atoms with Crippen LogP contribution in [0.1, 0.15) is 40.1 Å². The first-order chi connectivity index (χ1) is 19.6. The molecule has 4 rings (SSSR count). The SMILES string of the molecule is CCCc1nc(SC(F)F)c(C(=O)O)n1Cc1ccc(-c2ccccc2S(=O)(=O)NC(=O)NCc2cccs2)cc1. The average molecular weight is 621 g/mol. The van der Waals surface area contributed by atoms with Crippen molar-refractivity contribution in [2.75, 3.05) is 0 Å². The van der Waals surface area contributed by atoms with Crippen LogP contribution in [0.15, 0.2) is 76.0 Å². The maximum atomic E-state index is 13.1. The zero-order valence-corrected chi connectivity index (χ0v) is 24.2. The van der Waals surface area contributed by atoms with E-state index in [1.54, 1.807) is 42.5 Å². The minimum absolute atomic E-state index is 0.0694.